The van der Waals surface area contributed by atoms with Crippen molar-refractivity contribution in [2.75, 3.05) is 33.0 Å². The molecule has 1 amide bonds. The molecule has 2 N–H and O–H groups in total. The third-order valence-electron chi connectivity index (χ3n) is 3.69. The first-order valence-electron chi connectivity index (χ1n) is 7.26. The zero-order valence-electron chi connectivity index (χ0n) is 12.7. The van der Waals surface area contributed by atoms with Gasteiger partial charge in [-0.05, 0) is 46.2 Å². The van der Waals surface area contributed by atoms with E-state index in [2.05, 4.69) is 4.90 Å². The summed E-state index contributed by atoms with van der Waals surface area (Å²) in [4.78, 5) is 13.2. The number of carbonyl (C=O) groups excluding carboxylic acids is 1. The smallest absolute Gasteiger partial charge is 0.330 e. The molecule has 118 valence electrons. The predicted octanol–water partition coefficient (Wildman–Crippen LogP) is 1.84. The number of amides is 1. The highest BCUT2D eigenvalue weighted by Crippen LogP contribution is 2.51. The molecule has 0 bridgehead atoms. The van der Waals surface area contributed by atoms with Crippen LogP contribution in [0.1, 0.15) is 33.1 Å². The summed E-state index contributed by atoms with van der Waals surface area (Å²) in [6.45, 7) is 5.27. The topological polar surface area (TPSA) is 81.9 Å². The molecule has 0 saturated carbocycles. The van der Waals surface area contributed by atoms with E-state index in [-0.39, 0.29) is 17.9 Å². The van der Waals surface area contributed by atoms with Gasteiger partial charge in [-0.25, -0.2) is 0 Å². The van der Waals surface area contributed by atoms with Crippen LogP contribution in [0.4, 0.5) is 0 Å². The van der Waals surface area contributed by atoms with Crippen molar-refractivity contribution in [2.45, 2.75) is 39.2 Å². The Hall–Kier alpha value is -0.420. The van der Waals surface area contributed by atoms with Crippen LogP contribution in [0, 0.1) is 5.92 Å². The van der Waals surface area contributed by atoms with Crippen LogP contribution >= 0.6 is 7.60 Å². The Kier molecular flexibility index (Phi) is 7.17. The average molecular weight is 306 g/mol. The monoisotopic (exact) mass is 306 g/mol. The van der Waals surface area contributed by atoms with Crippen LogP contribution in [0.3, 0.4) is 0 Å². The summed E-state index contributed by atoms with van der Waals surface area (Å²) in [5, 5.41) is 0. The minimum Gasteiger partial charge on any atom is -0.370 e. The van der Waals surface area contributed by atoms with E-state index in [4.69, 9.17) is 14.8 Å². The van der Waals surface area contributed by atoms with Crippen molar-refractivity contribution >= 4 is 13.5 Å². The Bertz CT molecular complexity index is 354. The molecular weight excluding hydrogens is 279 g/mol. The fourth-order valence-electron chi connectivity index (χ4n) is 2.74. The molecule has 6 nitrogen and oxygen atoms in total. The van der Waals surface area contributed by atoms with Gasteiger partial charge in [-0.3, -0.25) is 9.36 Å². The predicted molar refractivity (Wildman–Crippen MR) is 78.7 cm³/mol. The molecule has 0 aromatic carbocycles. The first-order chi connectivity index (χ1) is 9.40. The molecule has 0 spiro atoms. The number of primary amides is 1. The number of hydrogen-bond acceptors (Lipinski definition) is 5. The van der Waals surface area contributed by atoms with E-state index in [1.165, 1.54) is 0 Å². The zero-order valence-corrected chi connectivity index (χ0v) is 13.6. The summed E-state index contributed by atoms with van der Waals surface area (Å²) in [7, 11) is -1.01. The van der Waals surface area contributed by atoms with Gasteiger partial charge in [-0.2, -0.15) is 0 Å². The Morgan fingerprint density at radius 2 is 1.95 bits per heavy atom. The third-order valence-corrected chi connectivity index (χ3v) is 5.96. The normalized spacial score (nSPS) is 24.8. The third kappa shape index (κ3) is 5.52. The lowest BCUT2D eigenvalue weighted by Gasteiger charge is -2.37. The molecule has 1 aliphatic heterocycles. The molecule has 2 atom stereocenters. The van der Waals surface area contributed by atoms with Gasteiger partial charge in [0.15, 0.2) is 0 Å². The molecule has 7 heteroatoms. The Balaban J connectivity index is 2.62. The van der Waals surface area contributed by atoms with Gasteiger partial charge in [0.2, 0.25) is 5.91 Å². The molecule has 1 saturated heterocycles. The summed E-state index contributed by atoms with van der Waals surface area (Å²) in [6.07, 6.45) is 2.53. The van der Waals surface area contributed by atoms with E-state index < -0.39 is 7.60 Å². The molecule has 0 aromatic rings. The van der Waals surface area contributed by atoms with E-state index in [1.807, 2.05) is 20.9 Å². The highest BCUT2D eigenvalue weighted by Gasteiger charge is 2.34. The van der Waals surface area contributed by atoms with Crippen LogP contribution < -0.4 is 5.73 Å². The van der Waals surface area contributed by atoms with E-state index in [0.717, 1.165) is 19.4 Å². The number of rotatable bonds is 8. The van der Waals surface area contributed by atoms with Crippen molar-refractivity contribution in [3.8, 4) is 0 Å². The lowest BCUT2D eigenvalue weighted by atomic mass is 9.91. The van der Waals surface area contributed by atoms with Gasteiger partial charge in [0, 0.05) is 12.5 Å². The van der Waals surface area contributed by atoms with Crippen molar-refractivity contribution in [3.63, 3.8) is 0 Å². The fourth-order valence-corrected chi connectivity index (χ4v) is 4.78. The van der Waals surface area contributed by atoms with Gasteiger partial charge >= 0.3 is 7.60 Å². The van der Waals surface area contributed by atoms with Crippen LogP contribution in [-0.4, -0.2) is 49.8 Å². The van der Waals surface area contributed by atoms with Crippen LogP contribution in [0.25, 0.3) is 0 Å². The van der Waals surface area contributed by atoms with Crippen molar-refractivity contribution in [1.82, 2.24) is 4.90 Å². The van der Waals surface area contributed by atoms with Gasteiger partial charge < -0.3 is 19.7 Å². The maximum atomic E-state index is 12.5. The zero-order chi connectivity index (χ0) is 15.2. The first kappa shape index (κ1) is 17.6. The summed E-state index contributed by atoms with van der Waals surface area (Å²) < 4.78 is 23.2. The first-order valence-corrected chi connectivity index (χ1v) is 8.99. The van der Waals surface area contributed by atoms with Gasteiger partial charge in [0.1, 0.15) is 0 Å². The van der Waals surface area contributed by atoms with Crippen LogP contribution in [0.5, 0.6) is 0 Å². The molecule has 20 heavy (non-hydrogen) atoms. The lowest BCUT2D eigenvalue weighted by molar-refractivity contribution is -0.119. The highest BCUT2D eigenvalue weighted by atomic mass is 31.2. The second-order valence-corrected chi connectivity index (χ2v) is 7.43. The molecule has 0 aromatic heterocycles. The highest BCUT2D eigenvalue weighted by molar-refractivity contribution is 7.53. The van der Waals surface area contributed by atoms with Gasteiger partial charge in [0.05, 0.1) is 19.4 Å². The fraction of sp³-hybridized carbons (Fsp3) is 0.923. The number of piperidine rings is 1. The van der Waals surface area contributed by atoms with Crippen molar-refractivity contribution in [1.29, 1.82) is 0 Å². The quantitative estimate of drug-likeness (QED) is 0.692. The standard InChI is InChI=1S/C13H27N2O4P/c1-4-18-20(17,19-5-2)10-11-6-7-15(3)12(8-11)9-13(14)16/h11-12H,4-10H2,1-3H3,(H2,14,16)/t11-,12+/m0/s1. The maximum absolute atomic E-state index is 12.5. The molecular formula is C13H27N2O4P. The summed E-state index contributed by atoms with van der Waals surface area (Å²) in [5.74, 6) is -0.0419. The molecule has 1 heterocycles. The number of hydrogen-bond donors (Lipinski definition) is 1. The van der Waals surface area contributed by atoms with Gasteiger partial charge in [-0.1, -0.05) is 0 Å². The second kappa shape index (κ2) is 8.13. The summed E-state index contributed by atoms with van der Waals surface area (Å²) in [6, 6.07) is 0.128. The van der Waals surface area contributed by atoms with Crippen molar-refractivity contribution in [2.24, 2.45) is 11.7 Å². The lowest BCUT2D eigenvalue weighted by Crippen LogP contribution is -2.42. The van der Waals surface area contributed by atoms with Gasteiger partial charge in [0.25, 0.3) is 0 Å². The molecule has 0 radical (unpaired) electrons. The molecule has 0 aliphatic carbocycles. The Morgan fingerprint density at radius 3 is 2.45 bits per heavy atom. The Labute approximate surface area is 121 Å². The Morgan fingerprint density at radius 1 is 1.35 bits per heavy atom. The number of likely N-dealkylation sites (tertiary alicyclic amines) is 1. The number of nitrogens with two attached hydrogens (primary N) is 1. The minimum absolute atomic E-state index is 0.128. The molecule has 0 unspecified atom stereocenters. The van der Waals surface area contributed by atoms with Crippen LogP contribution in [0.2, 0.25) is 0 Å². The van der Waals surface area contributed by atoms with E-state index in [0.29, 0.717) is 25.8 Å². The summed E-state index contributed by atoms with van der Waals surface area (Å²) in [5.41, 5.74) is 5.28. The largest absolute Gasteiger partial charge is 0.370 e. The van der Waals surface area contributed by atoms with E-state index in [9.17, 15) is 9.36 Å². The van der Waals surface area contributed by atoms with Crippen molar-refractivity contribution in [3.05, 3.63) is 0 Å². The molecule has 1 aliphatic rings. The van der Waals surface area contributed by atoms with Crippen molar-refractivity contribution < 1.29 is 18.4 Å². The van der Waals surface area contributed by atoms with E-state index in [1.54, 1.807) is 0 Å². The molecule has 1 rings (SSSR count). The second-order valence-electron chi connectivity index (χ2n) is 5.32. The summed E-state index contributed by atoms with van der Waals surface area (Å²) >= 11 is 0. The van der Waals surface area contributed by atoms with Gasteiger partial charge in [-0.15, -0.1) is 0 Å². The van der Waals surface area contributed by atoms with Crippen LogP contribution in [-0.2, 0) is 18.4 Å². The maximum Gasteiger partial charge on any atom is 0.330 e. The SMILES string of the molecule is CCOP(=O)(C[C@H]1CCN(C)[C@@H](CC(N)=O)C1)OCC. The average Bonchev–Trinajstić information content (AvgIpc) is 2.33. The number of carbonyl (C=O) groups is 1. The van der Waals surface area contributed by atoms with E-state index >= 15 is 0 Å². The molecule has 1 fully saturated rings. The minimum atomic E-state index is -3.00. The number of nitrogens with zero attached hydrogens (tertiary/aromatic N) is 1. The van der Waals surface area contributed by atoms with Crippen LogP contribution in [0.15, 0.2) is 0 Å².